The highest BCUT2D eigenvalue weighted by molar-refractivity contribution is 6.00. The van der Waals surface area contributed by atoms with Crippen LogP contribution in [0.4, 0.5) is 10.1 Å². The van der Waals surface area contributed by atoms with Crippen molar-refractivity contribution in [3.8, 4) is 0 Å². The van der Waals surface area contributed by atoms with Crippen molar-refractivity contribution >= 4 is 23.4 Å². The molecule has 0 radical (unpaired) electrons. The van der Waals surface area contributed by atoms with Gasteiger partial charge in [-0.3, -0.25) is 25.2 Å². The Balaban J connectivity index is 1.51. The molecule has 1 aliphatic rings. The van der Waals surface area contributed by atoms with Gasteiger partial charge in [0.15, 0.2) is 0 Å². The minimum Gasteiger partial charge on any atom is -0.312 e. The van der Waals surface area contributed by atoms with Crippen LogP contribution in [0.3, 0.4) is 0 Å². The number of nitrogens with zero attached hydrogens (tertiary/aromatic N) is 1. The van der Waals surface area contributed by atoms with Crippen molar-refractivity contribution < 1.29 is 18.8 Å². The number of rotatable bonds is 5. The summed E-state index contributed by atoms with van der Waals surface area (Å²) in [5, 5.41) is 0. The first-order valence-corrected chi connectivity index (χ1v) is 9.18. The molecule has 0 bridgehead atoms. The summed E-state index contributed by atoms with van der Waals surface area (Å²) in [5.74, 6) is -1.87. The molecule has 0 spiro atoms. The molecule has 3 amide bonds. The Kier molecular flexibility index (Phi) is 6.03. The summed E-state index contributed by atoms with van der Waals surface area (Å²) in [7, 11) is 0. The molecule has 2 aromatic rings. The molecule has 1 fully saturated rings. The van der Waals surface area contributed by atoms with Crippen molar-refractivity contribution in [3.05, 3.63) is 65.5 Å². The first-order chi connectivity index (χ1) is 13.5. The van der Waals surface area contributed by atoms with E-state index >= 15 is 0 Å². The van der Waals surface area contributed by atoms with E-state index in [1.807, 2.05) is 24.3 Å². The minimum atomic E-state index is -0.538. The molecule has 1 saturated heterocycles. The highest BCUT2D eigenvalue weighted by Gasteiger charge is 2.35. The van der Waals surface area contributed by atoms with Crippen LogP contribution in [0.1, 0.15) is 24.5 Å². The number of hydrogen-bond donors (Lipinski definition) is 2. The van der Waals surface area contributed by atoms with Crippen LogP contribution in [0.15, 0.2) is 48.5 Å². The number of carbonyl (C=O) groups excluding carboxylic acids is 3. The third kappa shape index (κ3) is 4.73. The van der Waals surface area contributed by atoms with Crippen LogP contribution in [0.2, 0.25) is 0 Å². The maximum absolute atomic E-state index is 12.9. The lowest BCUT2D eigenvalue weighted by molar-refractivity contribution is -0.131. The molecular weight excluding hydrogens is 361 g/mol. The second kappa shape index (κ2) is 8.65. The highest BCUT2D eigenvalue weighted by atomic mass is 19.1. The number of amides is 3. The van der Waals surface area contributed by atoms with Crippen molar-refractivity contribution in [2.45, 2.75) is 26.2 Å². The quantitative estimate of drug-likeness (QED) is 0.777. The molecule has 6 nitrogen and oxygen atoms in total. The molecule has 0 saturated carbocycles. The predicted molar refractivity (Wildman–Crippen MR) is 103 cm³/mol. The van der Waals surface area contributed by atoms with E-state index in [0.29, 0.717) is 5.56 Å². The van der Waals surface area contributed by atoms with E-state index in [2.05, 4.69) is 17.8 Å². The number of aryl methyl sites for hydroxylation is 1. The molecule has 1 aliphatic heterocycles. The van der Waals surface area contributed by atoms with Crippen molar-refractivity contribution in [2.24, 2.45) is 5.92 Å². The van der Waals surface area contributed by atoms with E-state index in [1.54, 1.807) is 4.90 Å². The lowest BCUT2D eigenvalue weighted by atomic mass is 10.1. The Bertz CT molecular complexity index is 865. The number of anilines is 1. The van der Waals surface area contributed by atoms with Gasteiger partial charge in [-0.05, 0) is 41.8 Å². The van der Waals surface area contributed by atoms with Gasteiger partial charge >= 0.3 is 0 Å². The van der Waals surface area contributed by atoms with Gasteiger partial charge in [-0.2, -0.15) is 0 Å². The summed E-state index contributed by atoms with van der Waals surface area (Å²) >= 11 is 0. The maximum Gasteiger partial charge on any atom is 0.243 e. The normalized spacial score (nSPS) is 16.1. The first kappa shape index (κ1) is 19.5. The zero-order chi connectivity index (χ0) is 20.1. The number of benzene rings is 2. The van der Waals surface area contributed by atoms with Gasteiger partial charge in [0.25, 0.3) is 0 Å². The Morgan fingerprint density at radius 1 is 1.04 bits per heavy atom. The standard InChI is InChI=1S/C21H22FN3O3/c1-2-14-5-9-18(10-6-14)25-13-16(12-20(25)27)21(28)24-23-19(26)11-15-3-7-17(22)8-4-15/h3-10,16H,2,11-13H2,1H3,(H,23,26)(H,24,28)/t16-/m0/s1. The van der Waals surface area contributed by atoms with E-state index < -0.39 is 17.7 Å². The summed E-state index contributed by atoms with van der Waals surface area (Å²) in [5.41, 5.74) is 7.29. The highest BCUT2D eigenvalue weighted by Crippen LogP contribution is 2.25. The van der Waals surface area contributed by atoms with E-state index in [0.717, 1.165) is 12.1 Å². The molecule has 1 heterocycles. The summed E-state index contributed by atoms with van der Waals surface area (Å²) in [6.45, 7) is 2.32. The zero-order valence-corrected chi connectivity index (χ0v) is 15.6. The predicted octanol–water partition coefficient (Wildman–Crippen LogP) is 2.13. The van der Waals surface area contributed by atoms with Gasteiger partial charge in [0.05, 0.1) is 12.3 Å². The molecule has 146 valence electrons. The minimum absolute atomic E-state index is 0.0139. The molecule has 7 heteroatoms. The van der Waals surface area contributed by atoms with Crippen molar-refractivity contribution in [1.29, 1.82) is 0 Å². The van der Waals surface area contributed by atoms with Crippen LogP contribution >= 0.6 is 0 Å². The number of nitrogens with one attached hydrogen (secondary N) is 2. The number of halogens is 1. The van der Waals surface area contributed by atoms with E-state index in [4.69, 9.17) is 0 Å². The Morgan fingerprint density at radius 3 is 2.32 bits per heavy atom. The molecule has 0 aromatic heterocycles. The summed E-state index contributed by atoms with van der Waals surface area (Å²) in [4.78, 5) is 38.1. The first-order valence-electron chi connectivity index (χ1n) is 9.18. The van der Waals surface area contributed by atoms with Gasteiger partial charge < -0.3 is 4.90 Å². The fourth-order valence-corrected chi connectivity index (χ4v) is 3.11. The lowest BCUT2D eigenvalue weighted by Gasteiger charge is -2.17. The van der Waals surface area contributed by atoms with Crippen LogP contribution in [-0.2, 0) is 27.2 Å². The molecule has 28 heavy (non-hydrogen) atoms. The SMILES string of the molecule is CCc1ccc(N2C[C@@H](C(=O)NNC(=O)Cc3ccc(F)cc3)CC2=O)cc1. The van der Waals surface area contributed by atoms with Crippen LogP contribution in [0, 0.1) is 11.7 Å². The Hall–Kier alpha value is -3.22. The lowest BCUT2D eigenvalue weighted by Crippen LogP contribution is -2.45. The van der Waals surface area contributed by atoms with Crippen molar-refractivity contribution in [1.82, 2.24) is 10.9 Å². The van der Waals surface area contributed by atoms with Crippen molar-refractivity contribution in [3.63, 3.8) is 0 Å². The van der Waals surface area contributed by atoms with Gasteiger partial charge in [-0.15, -0.1) is 0 Å². The molecule has 0 unspecified atom stereocenters. The van der Waals surface area contributed by atoms with Crippen LogP contribution in [0.25, 0.3) is 0 Å². The average molecular weight is 383 g/mol. The van der Waals surface area contributed by atoms with Crippen LogP contribution in [-0.4, -0.2) is 24.3 Å². The smallest absolute Gasteiger partial charge is 0.243 e. The Labute approximate surface area is 162 Å². The van der Waals surface area contributed by atoms with Gasteiger partial charge in [-0.1, -0.05) is 31.2 Å². The average Bonchev–Trinajstić information content (AvgIpc) is 3.10. The number of hydrazine groups is 1. The Morgan fingerprint density at radius 2 is 1.68 bits per heavy atom. The summed E-state index contributed by atoms with van der Waals surface area (Å²) < 4.78 is 12.9. The van der Waals surface area contributed by atoms with Gasteiger partial charge in [0, 0.05) is 18.7 Å². The fraction of sp³-hybridized carbons (Fsp3) is 0.286. The third-order valence-corrected chi connectivity index (χ3v) is 4.76. The summed E-state index contributed by atoms with van der Waals surface area (Å²) in [6.07, 6.45) is 1.02. The number of carbonyl (C=O) groups is 3. The van der Waals surface area contributed by atoms with Crippen LogP contribution < -0.4 is 15.8 Å². The molecule has 2 N–H and O–H groups in total. The fourth-order valence-electron chi connectivity index (χ4n) is 3.11. The van der Waals surface area contributed by atoms with E-state index in [1.165, 1.54) is 29.8 Å². The third-order valence-electron chi connectivity index (χ3n) is 4.76. The van der Waals surface area contributed by atoms with Crippen molar-refractivity contribution in [2.75, 3.05) is 11.4 Å². The number of hydrogen-bond acceptors (Lipinski definition) is 3. The zero-order valence-electron chi connectivity index (χ0n) is 15.6. The molecule has 1 atom stereocenters. The second-order valence-corrected chi connectivity index (χ2v) is 6.77. The monoisotopic (exact) mass is 383 g/mol. The summed E-state index contributed by atoms with van der Waals surface area (Å²) in [6, 6.07) is 13.2. The van der Waals surface area contributed by atoms with Crippen LogP contribution in [0.5, 0.6) is 0 Å². The van der Waals surface area contributed by atoms with E-state index in [9.17, 15) is 18.8 Å². The topological polar surface area (TPSA) is 78.5 Å². The van der Waals surface area contributed by atoms with E-state index in [-0.39, 0.29) is 31.1 Å². The second-order valence-electron chi connectivity index (χ2n) is 6.77. The maximum atomic E-state index is 12.9. The molecule has 2 aromatic carbocycles. The van der Waals surface area contributed by atoms with Gasteiger partial charge in [-0.25, -0.2) is 4.39 Å². The van der Waals surface area contributed by atoms with Gasteiger partial charge in [0.2, 0.25) is 17.7 Å². The largest absolute Gasteiger partial charge is 0.312 e. The molecular formula is C21H22FN3O3. The molecule has 3 rings (SSSR count). The van der Waals surface area contributed by atoms with Gasteiger partial charge in [0.1, 0.15) is 5.82 Å². The molecule has 0 aliphatic carbocycles.